The fraction of sp³-hybridized carbons (Fsp3) is 0.263. The van der Waals surface area contributed by atoms with Crippen molar-refractivity contribution in [3.8, 4) is 0 Å². The second-order valence-electron chi connectivity index (χ2n) is 5.78. The van der Waals surface area contributed by atoms with Crippen LogP contribution in [-0.2, 0) is 11.2 Å². The molecule has 0 radical (unpaired) electrons. The molecule has 126 valence electrons. The first-order valence-electron chi connectivity index (χ1n) is 7.86. The van der Waals surface area contributed by atoms with E-state index in [0.29, 0.717) is 17.7 Å². The van der Waals surface area contributed by atoms with Gasteiger partial charge in [-0.3, -0.25) is 9.59 Å². The molecule has 0 saturated heterocycles. The van der Waals surface area contributed by atoms with E-state index in [1.165, 1.54) is 6.92 Å². The van der Waals surface area contributed by atoms with Crippen LogP contribution in [0.4, 0.5) is 5.69 Å². The van der Waals surface area contributed by atoms with Crippen molar-refractivity contribution >= 4 is 17.5 Å². The van der Waals surface area contributed by atoms with Gasteiger partial charge in [-0.1, -0.05) is 30.3 Å². The molecule has 3 N–H and O–H groups in total. The van der Waals surface area contributed by atoms with E-state index in [4.69, 9.17) is 0 Å². The van der Waals surface area contributed by atoms with E-state index in [9.17, 15) is 14.7 Å². The van der Waals surface area contributed by atoms with Crippen molar-refractivity contribution in [2.75, 3.05) is 5.32 Å². The zero-order valence-corrected chi connectivity index (χ0v) is 13.8. The maximum atomic E-state index is 12.2. The lowest BCUT2D eigenvalue weighted by Crippen LogP contribution is -2.42. The zero-order chi connectivity index (χ0) is 17.5. The Kier molecular flexibility index (Phi) is 6.09. The normalized spacial score (nSPS) is 13.0. The van der Waals surface area contributed by atoms with Gasteiger partial charge in [0.2, 0.25) is 5.91 Å². The van der Waals surface area contributed by atoms with Crippen LogP contribution >= 0.6 is 0 Å². The van der Waals surface area contributed by atoms with Crippen molar-refractivity contribution in [3.63, 3.8) is 0 Å². The van der Waals surface area contributed by atoms with Crippen LogP contribution in [0.2, 0.25) is 0 Å². The predicted octanol–water partition coefficient (Wildman–Crippen LogP) is 2.37. The first-order chi connectivity index (χ1) is 11.5. The van der Waals surface area contributed by atoms with Gasteiger partial charge in [0.1, 0.15) is 0 Å². The number of aliphatic hydroxyl groups is 1. The Morgan fingerprint density at radius 1 is 1.04 bits per heavy atom. The Hall–Kier alpha value is -2.66. The second-order valence-corrected chi connectivity index (χ2v) is 5.78. The van der Waals surface area contributed by atoms with Gasteiger partial charge in [-0.25, -0.2) is 0 Å². The van der Waals surface area contributed by atoms with Gasteiger partial charge in [-0.05, 0) is 36.8 Å². The van der Waals surface area contributed by atoms with E-state index in [-0.39, 0.29) is 17.9 Å². The molecule has 2 aromatic rings. The molecule has 5 nitrogen and oxygen atoms in total. The summed E-state index contributed by atoms with van der Waals surface area (Å²) >= 11 is 0. The lowest BCUT2D eigenvalue weighted by atomic mass is 10.0. The molecule has 0 aliphatic heterocycles. The molecule has 2 amide bonds. The fourth-order valence-corrected chi connectivity index (χ4v) is 2.33. The van der Waals surface area contributed by atoms with Gasteiger partial charge >= 0.3 is 0 Å². The van der Waals surface area contributed by atoms with Crippen molar-refractivity contribution in [2.24, 2.45) is 0 Å². The maximum Gasteiger partial charge on any atom is 0.251 e. The summed E-state index contributed by atoms with van der Waals surface area (Å²) in [6, 6.07) is 15.9. The lowest BCUT2D eigenvalue weighted by molar-refractivity contribution is -0.114. The molecule has 0 bridgehead atoms. The van der Waals surface area contributed by atoms with Gasteiger partial charge in [0.25, 0.3) is 5.91 Å². The van der Waals surface area contributed by atoms with Crippen molar-refractivity contribution in [1.82, 2.24) is 5.32 Å². The van der Waals surface area contributed by atoms with E-state index < -0.39 is 6.10 Å². The molecule has 2 unspecified atom stereocenters. The van der Waals surface area contributed by atoms with E-state index >= 15 is 0 Å². The summed E-state index contributed by atoms with van der Waals surface area (Å²) in [5, 5.41) is 15.7. The summed E-state index contributed by atoms with van der Waals surface area (Å²) in [4.78, 5) is 23.2. The number of aliphatic hydroxyl groups excluding tert-OH is 1. The maximum absolute atomic E-state index is 12.2. The average molecular weight is 326 g/mol. The summed E-state index contributed by atoms with van der Waals surface area (Å²) in [5.74, 6) is -0.422. The molecule has 0 heterocycles. The third-order valence-electron chi connectivity index (χ3n) is 3.69. The first kappa shape index (κ1) is 17.7. The summed E-state index contributed by atoms with van der Waals surface area (Å²) in [7, 11) is 0. The number of carbonyl (C=O) groups excluding carboxylic acids is 2. The number of hydrogen-bond donors (Lipinski definition) is 3. The zero-order valence-electron chi connectivity index (χ0n) is 13.8. The average Bonchev–Trinajstić information content (AvgIpc) is 2.55. The Balaban J connectivity index is 1.91. The smallest absolute Gasteiger partial charge is 0.251 e. The first-order valence-corrected chi connectivity index (χ1v) is 7.86. The number of rotatable bonds is 6. The number of anilines is 1. The minimum absolute atomic E-state index is 0.162. The third-order valence-corrected chi connectivity index (χ3v) is 3.69. The van der Waals surface area contributed by atoms with E-state index in [1.54, 1.807) is 31.2 Å². The van der Waals surface area contributed by atoms with Gasteiger partial charge in [0.05, 0.1) is 12.1 Å². The summed E-state index contributed by atoms with van der Waals surface area (Å²) in [6.07, 6.45) is -0.195. The van der Waals surface area contributed by atoms with E-state index in [2.05, 4.69) is 10.6 Å². The van der Waals surface area contributed by atoms with Gasteiger partial charge in [-0.15, -0.1) is 0 Å². The van der Waals surface area contributed by atoms with Crippen LogP contribution in [0.1, 0.15) is 29.8 Å². The predicted molar refractivity (Wildman–Crippen MR) is 93.8 cm³/mol. The Bertz CT molecular complexity index is 684. The highest BCUT2D eigenvalue weighted by molar-refractivity contribution is 5.95. The minimum Gasteiger partial charge on any atom is -0.391 e. The van der Waals surface area contributed by atoms with Crippen molar-refractivity contribution < 1.29 is 14.7 Å². The van der Waals surface area contributed by atoms with Crippen LogP contribution in [0.3, 0.4) is 0 Å². The van der Waals surface area contributed by atoms with Crippen LogP contribution in [0, 0.1) is 0 Å². The largest absolute Gasteiger partial charge is 0.391 e. The molecule has 0 aromatic heterocycles. The highest BCUT2D eigenvalue weighted by atomic mass is 16.3. The third kappa shape index (κ3) is 5.21. The molecule has 0 aliphatic rings. The fourth-order valence-electron chi connectivity index (χ4n) is 2.33. The number of amides is 2. The van der Waals surface area contributed by atoms with Gasteiger partial charge in [0, 0.05) is 24.6 Å². The molecule has 0 fully saturated rings. The molecule has 24 heavy (non-hydrogen) atoms. The molecular weight excluding hydrogens is 304 g/mol. The van der Waals surface area contributed by atoms with Gasteiger partial charge in [-0.2, -0.15) is 0 Å². The van der Waals surface area contributed by atoms with Gasteiger partial charge in [0.15, 0.2) is 0 Å². The number of carbonyl (C=O) groups is 2. The highest BCUT2D eigenvalue weighted by Gasteiger charge is 2.17. The summed E-state index contributed by atoms with van der Waals surface area (Å²) in [6.45, 7) is 3.20. The molecule has 0 spiro atoms. The Labute approximate surface area is 141 Å². The Morgan fingerprint density at radius 2 is 1.67 bits per heavy atom. The van der Waals surface area contributed by atoms with Crippen molar-refractivity contribution in [2.45, 2.75) is 32.4 Å². The quantitative estimate of drug-likeness (QED) is 0.762. The molecule has 2 atom stereocenters. The molecule has 0 aliphatic carbocycles. The van der Waals surface area contributed by atoms with Crippen LogP contribution in [-0.4, -0.2) is 29.1 Å². The van der Waals surface area contributed by atoms with Crippen LogP contribution < -0.4 is 10.6 Å². The summed E-state index contributed by atoms with van der Waals surface area (Å²) < 4.78 is 0. The van der Waals surface area contributed by atoms with E-state index in [0.717, 1.165) is 5.56 Å². The number of nitrogens with one attached hydrogen (secondary N) is 2. The molecule has 2 rings (SSSR count). The molecule has 0 saturated carbocycles. The SMILES string of the molecule is CC(=O)Nc1ccc(C(=O)NC(C)C(O)Cc2ccccc2)cc1. The number of benzene rings is 2. The number of hydrogen-bond acceptors (Lipinski definition) is 3. The molecular formula is C19H22N2O3. The summed E-state index contributed by atoms with van der Waals surface area (Å²) in [5.41, 5.74) is 2.13. The van der Waals surface area contributed by atoms with Crippen LogP contribution in [0.15, 0.2) is 54.6 Å². The topological polar surface area (TPSA) is 78.4 Å². The Morgan fingerprint density at radius 3 is 2.25 bits per heavy atom. The molecule has 2 aromatic carbocycles. The lowest BCUT2D eigenvalue weighted by Gasteiger charge is -2.20. The van der Waals surface area contributed by atoms with Crippen LogP contribution in [0.25, 0.3) is 0 Å². The highest BCUT2D eigenvalue weighted by Crippen LogP contribution is 2.11. The van der Waals surface area contributed by atoms with Crippen molar-refractivity contribution in [3.05, 3.63) is 65.7 Å². The minimum atomic E-state index is -0.671. The van der Waals surface area contributed by atoms with E-state index in [1.807, 2.05) is 30.3 Å². The molecule has 5 heteroatoms. The van der Waals surface area contributed by atoms with Crippen molar-refractivity contribution in [1.29, 1.82) is 0 Å². The van der Waals surface area contributed by atoms with Gasteiger partial charge < -0.3 is 15.7 Å². The standard InChI is InChI=1S/C19H22N2O3/c1-13(18(23)12-15-6-4-3-5-7-15)20-19(24)16-8-10-17(11-9-16)21-14(2)22/h3-11,13,18,23H,12H2,1-2H3,(H,20,24)(H,21,22). The monoisotopic (exact) mass is 326 g/mol. The van der Waals surface area contributed by atoms with Crippen LogP contribution in [0.5, 0.6) is 0 Å². The second kappa shape index (κ2) is 8.26.